The number of rotatable bonds is 7. The Labute approximate surface area is 138 Å². The highest BCUT2D eigenvalue weighted by molar-refractivity contribution is 7.99. The van der Waals surface area contributed by atoms with Gasteiger partial charge in [0.2, 0.25) is 5.91 Å². The van der Waals surface area contributed by atoms with Crippen molar-refractivity contribution in [3.8, 4) is 0 Å². The Kier molecular flexibility index (Phi) is 6.80. The first-order chi connectivity index (χ1) is 10.6. The third-order valence-electron chi connectivity index (χ3n) is 4.48. The lowest BCUT2D eigenvalue weighted by molar-refractivity contribution is -0.118. The van der Waals surface area contributed by atoms with E-state index in [4.69, 9.17) is 4.98 Å². The Bertz CT molecular complexity index is 492. The number of unbranched alkanes of at least 4 members (excludes halogenated alkanes) is 1. The van der Waals surface area contributed by atoms with Gasteiger partial charge in [-0.3, -0.25) is 4.79 Å². The molecule has 0 atom stereocenters. The van der Waals surface area contributed by atoms with Gasteiger partial charge in [0.15, 0.2) is 5.16 Å². The van der Waals surface area contributed by atoms with Crippen LogP contribution in [0.3, 0.4) is 0 Å². The monoisotopic (exact) mass is 323 g/mol. The average Bonchev–Trinajstić information content (AvgIpc) is 2.81. The van der Waals surface area contributed by atoms with Crippen LogP contribution in [-0.2, 0) is 4.79 Å². The first kappa shape index (κ1) is 17.4. The second kappa shape index (κ2) is 8.61. The topological polar surface area (TPSA) is 46.9 Å². The molecule has 124 valence electrons. The summed E-state index contributed by atoms with van der Waals surface area (Å²) in [6.07, 6.45) is 8.61. The van der Waals surface area contributed by atoms with E-state index < -0.39 is 0 Å². The fraction of sp³-hybridized carbons (Fsp3) is 0.765. The van der Waals surface area contributed by atoms with E-state index in [0.29, 0.717) is 11.8 Å². The summed E-state index contributed by atoms with van der Waals surface area (Å²) < 4.78 is 2.39. The Hall–Kier alpha value is -0.970. The Morgan fingerprint density at radius 1 is 1.32 bits per heavy atom. The van der Waals surface area contributed by atoms with Crippen molar-refractivity contribution in [1.82, 2.24) is 14.9 Å². The zero-order chi connectivity index (χ0) is 15.9. The minimum Gasteiger partial charge on any atom is -0.355 e. The van der Waals surface area contributed by atoms with Gasteiger partial charge < -0.3 is 9.88 Å². The van der Waals surface area contributed by atoms with Crippen molar-refractivity contribution in [2.24, 2.45) is 0 Å². The number of thioether (sulfide) groups is 1. The number of carbonyl (C=O) groups excluding carboxylic acids is 1. The molecule has 4 nitrogen and oxygen atoms in total. The van der Waals surface area contributed by atoms with Gasteiger partial charge in [0.05, 0.1) is 11.4 Å². The summed E-state index contributed by atoms with van der Waals surface area (Å²) >= 11 is 1.58. The third kappa shape index (κ3) is 4.51. The number of aryl methyl sites for hydroxylation is 1. The van der Waals surface area contributed by atoms with Gasteiger partial charge in [0.25, 0.3) is 0 Å². The van der Waals surface area contributed by atoms with Crippen molar-refractivity contribution in [2.45, 2.75) is 76.9 Å². The molecule has 1 fully saturated rings. The molecular weight excluding hydrogens is 294 g/mol. The van der Waals surface area contributed by atoms with Gasteiger partial charge in [-0.2, -0.15) is 0 Å². The molecule has 1 heterocycles. The van der Waals surface area contributed by atoms with E-state index >= 15 is 0 Å². The van der Waals surface area contributed by atoms with Gasteiger partial charge in [-0.1, -0.05) is 44.4 Å². The van der Waals surface area contributed by atoms with Crippen molar-refractivity contribution >= 4 is 17.7 Å². The molecule has 22 heavy (non-hydrogen) atoms. The van der Waals surface area contributed by atoms with Gasteiger partial charge in [0.1, 0.15) is 0 Å². The van der Waals surface area contributed by atoms with E-state index in [2.05, 4.69) is 30.7 Å². The molecule has 0 spiro atoms. The molecule has 1 N–H and O–H groups in total. The Morgan fingerprint density at radius 3 is 2.73 bits per heavy atom. The van der Waals surface area contributed by atoms with Crippen LogP contribution in [0.1, 0.15) is 69.3 Å². The largest absolute Gasteiger partial charge is 0.355 e. The predicted molar refractivity (Wildman–Crippen MR) is 92.5 cm³/mol. The molecule has 0 aliphatic heterocycles. The van der Waals surface area contributed by atoms with E-state index in [0.717, 1.165) is 30.2 Å². The molecule has 1 saturated carbocycles. The lowest BCUT2D eigenvalue weighted by atomic mass is 9.95. The highest BCUT2D eigenvalue weighted by atomic mass is 32.2. The number of carbonyl (C=O) groups is 1. The average molecular weight is 324 g/mol. The highest BCUT2D eigenvalue weighted by Gasteiger charge is 2.22. The normalized spacial score (nSPS) is 16.0. The molecule has 1 amide bonds. The summed E-state index contributed by atoms with van der Waals surface area (Å²) in [5.41, 5.74) is 2.36. The van der Waals surface area contributed by atoms with Gasteiger partial charge >= 0.3 is 0 Å². The van der Waals surface area contributed by atoms with E-state index in [1.54, 1.807) is 11.8 Å². The molecule has 1 aliphatic carbocycles. The van der Waals surface area contributed by atoms with E-state index in [1.807, 2.05) is 0 Å². The number of aromatic nitrogens is 2. The van der Waals surface area contributed by atoms with Gasteiger partial charge in [-0.15, -0.1) is 0 Å². The van der Waals surface area contributed by atoms with Gasteiger partial charge in [-0.25, -0.2) is 4.98 Å². The van der Waals surface area contributed by atoms with Crippen LogP contribution >= 0.6 is 11.8 Å². The van der Waals surface area contributed by atoms with E-state index in [9.17, 15) is 4.79 Å². The van der Waals surface area contributed by atoms with Crippen LogP contribution in [0, 0.1) is 13.8 Å². The lowest BCUT2D eigenvalue weighted by Crippen LogP contribution is -2.26. The molecule has 1 aromatic rings. The van der Waals surface area contributed by atoms with Crippen LogP contribution in [0.25, 0.3) is 0 Å². The van der Waals surface area contributed by atoms with Crippen molar-refractivity contribution in [3.63, 3.8) is 0 Å². The quantitative estimate of drug-likeness (QED) is 0.609. The molecule has 1 aliphatic rings. The minimum absolute atomic E-state index is 0.118. The number of nitrogens with zero attached hydrogens (tertiary/aromatic N) is 2. The smallest absolute Gasteiger partial charge is 0.230 e. The molecule has 5 heteroatoms. The zero-order valence-corrected chi connectivity index (χ0v) is 15.0. The highest BCUT2D eigenvalue weighted by Crippen LogP contribution is 2.34. The van der Waals surface area contributed by atoms with Crippen molar-refractivity contribution < 1.29 is 4.79 Å². The zero-order valence-electron chi connectivity index (χ0n) is 14.2. The summed E-state index contributed by atoms with van der Waals surface area (Å²) in [6, 6.07) is 0.570. The number of hydrogen-bond donors (Lipinski definition) is 1. The van der Waals surface area contributed by atoms with Crippen LogP contribution in [-0.4, -0.2) is 27.8 Å². The molecule has 0 aromatic carbocycles. The van der Waals surface area contributed by atoms with Crippen molar-refractivity contribution in [1.29, 1.82) is 0 Å². The number of amides is 1. The SMILES string of the molecule is CCCCNC(=O)CSc1nc(C)c(C)n1C1CCCCC1. The molecule has 2 rings (SSSR count). The van der Waals surface area contributed by atoms with Crippen molar-refractivity contribution in [3.05, 3.63) is 11.4 Å². The molecular formula is C17H29N3OS. The Morgan fingerprint density at radius 2 is 2.05 bits per heavy atom. The van der Waals surface area contributed by atoms with Crippen LogP contribution in [0.2, 0.25) is 0 Å². The second-order valence-corrected chi connectivity index (χ2v) is 7.16. The predicted octanol–water partition coefficient (Wildman–Crippen LogP) is 4.01. The first-order valence-electron chi connectivity index (χ1n) is 8.58. The summed E-state index contributed by atoms with van der Waals surface area (Å²) in [6.45, 7) is 7.14. The van der Waals surface area contributed by atoms with E-state index in [1.165, 1.54) is 37.8 Å². The molecule has 0 bridgehead atoms. The lowest BCUT2D eigenvalue weighted by Gasteiger charge is -2.26. The van der Waals surface area contributed by atoms with Crippen molar-refractivity contribution in [2.75, 3.05) is 12.3 Å². The number of imidazole rings is 1. The molecule has 0 saturated heterocycles. The van der Waals surface area contributed by atoms with Crippen LogP contribution in [0.5, 0.6) is 0 Å². The number of nitrogens with one attached hydrogen (secondary N) is 1. The number of hydrogen-bond acceptors (Lipinski definition) is 3. The molecule has 1 aromatic heterocycles. The van der Waals surface area contributed by atoms with Gasteiger partial charge in [-0.05, 0) is 33.1 Å². The maximum absolute atomic E-state index is 11.9. The maximum Gasteiger partial charge on any atom is 0.230 e. The summed E-state index contributed by atoms with van der Waals surface area (Å²) in [5, 5.41) is 4.00. The summed E-state index contributed by atoms with van der Waals surface area (Å²) in [4.78, 5) is 16.6. The molecule has 0 unspecified atom stereocenters. The summed E-state index contributed by atoms with van der Waals surface area (Å²) in [7, 11) is 0. The first-order valence-corrected chi connectivity index (χ1v) is 9.57. The minimum atomic E-state index is 0.118. The second-order valence-electron chi connectivity index (χ2n) is 6.22. The van der Waals surface area contributed by atoms with Crippen LogP contribution in [0.4, 0.5) is 0 Å². The maximum atomic E-state index is 11.9. The standard InChI is InChI=1S/C17H29N3OS/c1-4-5-11-18-16(21)12-22-17-19-13(2)14(3)20(17)15-9-7-6-8-10-15/h15H,4-12H2,1-3H3,(H,18,21). The molecule has 0 radical (unpaired) electrons. The van der Waals surface area contributed by atoms with Gasteiger partial charge in [0, 0.05) is 18.3 Å². The third-order valence-corrected chi connectivity index (χ3v) is 5.43. The van der Waals surface area contributed by atoms with Crippen LogP contribution < -0.4 is 5.32 Å². The Balaban J connectivity index is 1.98. The van der Waals surface area contributed by atoms with Crippen LogP contribution in [0.15, 0.2) is 5.16 Å². The van der Waals surface area contributed by atoms with E-state index in [-0.39, 0.29) is 5.91 Å². The summed E-state index contributed by atoms with van der Waals surface area (Å²) in [5.74, 6) is 0.582. The fourth-order valence-electron chi connectivity index (χ4n) is 3.05. The fourth-order valence-corrected chi connectivity index (χ4v) is 4.04.